The standard InChI is InChI=1S/C18H17FN2O3S/c1-3-14(18(23)24-4-2)21-10-20-16-15(17(21)22)13(9-25-16)11-5-7-12(19)8-6-11/h5-10,14H,3-4H2,1-2H3/t14-/m0/s1. The first-order valence-electron chi connectivity index (χ1n) is 7.97. The average molecular weight is 360 g/mol. The van der Waals surface area contributed by atoms with Gasteiger partial charge in [0.2, 0.25) is 0 Å². The quantitative estimate of drug-likeness (QED) is 0.650. The van der Waals surface area contributed by atoms with Crippen LogP contribution in [-0.2, 0) is 9.53 Å². The van der Waals surface area contributed by atoms with Crippen LogP contribution in [0.1, 0.15) is 26.3 Å². The van der Waals surface area contributed by atoms with Crippen molar-refractivity contribution in [2.75, 3.05) is 6.61 Å². The van der Waals surface area contributed by atoms with Crippen molar-refractivity contribution >= 4 is 27.5 Å². The Hall–Kier alpha value is -2.54. The van der Waals surface area contributed by atoms with Crippen molar-refractivity contribution in [2.24, 2.45) is 0 Å². The molecular weight excluding hydrogens is 343 g/mol. The van der Waals surface area contributed by atoms with Crippen molar-refractivity contribution in [3.8, 4) is 11.1 Å². The summed E-state index contributed by atoms with van der Waals surface area (Å²) in [7, 11) is 0. The first kappa shape index (κ1) is 17.3. The predicted octanol–water partition coefficient (Wildman–Crippen LogP) is 3.78. The zero-order valence-corrected chi connectivity index (χ0v) is 14.7. The van der Waals surface area contributed by atoms with Crippen molar-refractivity contribution < 1.29 is 13.9 Å². The SMILES string of the molecule is CCOC(=O)[C@H](CC)n1cnc2scc(-c3ccc(F)cc3)c2c1=O. The fraction of sp³-hybridized carbons (Fsp3) is 0.278. The van der Waals surface area contributed by atoms with Gasteiger partial charge in [0.25, 0.3) is 5.56 Å². The van der Waals surface area contributed by atoms with Gasteiger partial charge in [-0.2, -0.15) is 0 Å². The number of esters is 1. The van der Waals surface area contributed by atoms with Crippen LogP contribution in [0.3, 0.4) is 0 Å². The van der Waals surface area contributed by atoms with E-state index in [-0.39, 0.29) is 18.0 Å². The minimum absolute atomic E-state index is 0.249. The molecule has 2 heterocycles. The molecule has 3 aromatic rings. The monoisotopic (exact) mass is 360 g/mol. The highest BCUT2D eigenvalue weighted by Crippen LogP contribution is 2.31. The van der Waals surface area contributed by atoms with Crippen LogP contribution in [0.4, 0.5) is 4.39 Å². The molecular formula is C18H17FN2O3S. The number of rotatable bonds is 5. The number of halogens is 1. The van der Waals surface area contributed by atoms with Gasteiger partial charge in [-0.05, 0) is 31.0 Å². The smallest absolute Gasteiger partial charge is 0.329 e. The molecule has 0 aliphatic carbocycles. The van der Waals surface area contributed by atoms with E-state index in [1.54, 1.807) is 19.1 Å². The molecule has 0 aliphatic rings. The number of hydrogen-bond acceptors (Lipinski definition) is 5. The number of hydrogen-bond donors (Lipinski definition) is 0. The maximum Gasteiger partial charge on any atom is 0.329 e. The third-order valence-electron chi connectivity index (χ3n) is 3.96. The van der Waals surface area contributed by atoms with Gasteiger partial charge in [-0.3, -0.25) is 9.36 Å². The summed E-state index contributed by atoms with van der Waals surface area (Å²) >= 11 is 1.34. The molecule has 2 aromatic heterocycles. The second-order valence-corrected chi connectivity index (χ2v) is 6.33. The lowest BCUT2D eigenvalue weighted by molar-refractivity contribution is -0.147. The fourth-order valence-electron chi connectivity index (χ4n) is 2.72. The molecule has 0 amide bonds. The Bertz CT molecular complexity index is 963. The Balaban J connectivity index is 2.16. The number of ether oxygens (including phenoxy) is 1. The van der Waals surface area contributed by atoms with Gasteiger partial charge in [0, 0.05) is 10.9 Å². The van der Waals surface area contributed by atoms with E-state index in [2.05, 4.69) is 4.98 Å². The number of thiophene rings is 1. The highest BCUT2D eigenvalue weighted by Gasteiger charge is 2.23. The van der Waals surface area contributed by atoms with E-state index in [4.69, 9.17) is 4.74 Å². The van der Waals surface area contributed by atoms with Crippen LogP contribution in [0.25, 0.3) is 21.3 Å². The zero-order valence-electron chi connectivity index (χ0n) is 13.9. The van der Waals surface area contributed by atoms with Crippen molar-refractivity contribution in [3.63, 3.8) is 0 Å². The third kappa shape index (κ3) is 3.19. The van der Waals surface area contributed by atoms with E-state index in [1.165, 1.54) is 34.4 Å². The fourth-order valence-corrected chi connectivity index (χ4v) is 3.63. The highest BCUT2D eigenvalue weighted by atomic mass is 32.1. The van der Waals surface area contributed by atoms with Crippen LogP contribution in [0.2, 0.25) is 0 Å². The van der Waals surface area contributed by atoms with E-state index in [9.17, 15) is 14.0 Å². The summed E-state index contributed by atoms with van der Waals surface area (Å²) in [5.41, 5.74) is 1.12. The molecule has 0 bridgehead atoms. The maximum absolute atomic E-state index is 13.2. The molecule has 1 atom stereocenters. The van der Waals surface area contributed by atoms with Crippen LogP contribution in [0.15, 0.2) is 40.8 Å². The van der Waals surface area contributed by atoms with Gasteiger partial charge in [0.15, 0.2) is 0 Å². The van der Waals surface area contributed by atoms with Crippen molar-refractivity contribution in [3.05, 3.63) is 52.1 Å². The van der Waals surface area contributed by atoms with E-state index in [1.807, 2.05) is 12.3 Å². The van der Waals surface area contributed by atoms with Crippen LogP contribution in [0.5, 0.6) is 0 Å². The molecule has 130 valence electrons. The van der Waals surface area contributed by atoms with Gasteiger partial charge >= 0.3 is 5.97 Å². The molecule has 5 nitrogen and oxygen atoms in total. The van der Waals surface area contributed by atoms with Gasteiger partial charge in [0.1, 0.15) is 16.7 Å². The lowest BCUT2D eigenvalue weighted by Crippen LogP contribution is -2.31. The summed E-state index contributed by atoms with van der Waals surface area (Å²) in [5, 5.41) is 2.25. The molecule has 1 aromatic carbocycles. The zero-order chi connectivity index (χ0) is 18.0. The average Bonchev–Trinajstić information content (AvgIpc) is 3.03. The largest absolute Gasteiger partial charge is 0.464 e. The minimum atomic E-state index is -0.717. The number of nitrogens with zero attached hydrogens (tertiary/aromatic N) is 2. The molecule has 0 aliphatic heterocycles. The van der Waals surface area contributed by atoms with Gasteiger partial charge < -0.3 is 4.74 Å². The number of benzene rings is 1. The summed E-state index contributed by atoms with van der Waals surface area (Å²) in [6.45, 7) is 3.78. The molecule has 0 spiro atoms. The topological polar surface area (TPSA) is 61.2 Å². The lowest BCUT2D eigenvalue weighted by atomic mass is 10.1. The van der Waals surface area contributed by atoms with Crippen molar-refractivity contribution in [1.29, 1.82) is 0 Å². The maximum atomic E-state index is 13.2. The molecule has 25 heavy (non-hydrogen) atoms. The Labute approximate surface area is 147 Å². The van der Waals surface area contributed by atoms with E-state index < -0.39 is 12.0 Å². The first-order chi connectivity index (χ1) is 12.1. The van der Waals surface area contributed by atoms with Crippen molar-refractivity contribution in [2.45, 2.75) is 26.3 Å². The molecule has 0 N–H and O–H groups in total. The minimum Gasteiger partial charge on any atom is -0.464 e. The molecule has 0 radical (unpaired) electrons. The molecule has 0 unspecified atom stereocenters. The number of fused-ring (bicyclic) bond motifs is 1. The van der Waals surface area contributed by atoms with Crippen LogP contribution in [0, 0.1) is 5.82 Å². The van der Waals surface area contributed by atoms with Gasteiger partial charge in [-0.15, -0.1) is 11.3 Å². The van der Waals surface area contributed by atoms with E-state index in [0.717, 1.165) is 5.56 Å². The number of carbonyl (C=O) groups is 1. The Kier molecular flexibility index (Phi) is 4.94. The van der Waals surface area contributed by atoms with Gasteiger partial charge in [-0.1, -0.05) is 19.1 Å². The van der Waals surface area contributed by atoms with Gasteiger partial charge in [0.05, 0.1) is 18.3 Å². The number of aromatic nitrogens is 2. The summed E-state index contributed by atoms with van der Waals surface area (Å²) < 4.78 is 19.6. The lowest BCUT2D eigenvalue weighted by Gasteiger charge is -2.16. The predicted molar refractivity (Wildman–Crippen MR) is 95.2 cm³/mol. The second-order valence-electron chi connectivity index (χ2n) is 5.47. The van der Waals surface area contributed by atoms with Crippen LogP contribution < -0.4 is 5.56 Å². The Morgan fingerprint density at radius 3 is 2.68 bits per heavy atom. The molecule has 3 rings (SSSR count). The van der Waals surface area contributed by atoms with Crippen LogP contribution in [-0.4, -0.2) is 22.1 Å². The second kappa shape index (κ2) is 7.14. The van der Waals surface area contributed by atoms with E-state index >= 15 is 0 Å². The third-order valence-corrected chi connectivity index (χ3v) is 4.84. The molecule has 7 heteroatoms. The molecule has 0 saturated heterocycles. The number of carbonyl (C=O) groups excluding carboxylic acids is 1. The highest BCUT2D eigenvalue weighted by molar-refractivity contribution is 7.17. The van der Waals surface area contributed by atoms with E-state index in [0.29, 0.717) is 22.2 Å². The summed E-state index contributed by atoms with van der Waals surface area (Å²) in [4.78, 5) is 30.1. The van der Waals surface area contributed by atoms with Gasteiger partial charge in [-0.25, -0.2) is 14.2 Å². The summed E-state index contributed by atoms with van der Waals surface area (Å²) in [6.07, 6.45) is 1.81. The molecule has 0 saturated carbocycles. The van der Waals surface area contributed by atoms with Crippen molar-refractivity contribution in [1.82, 2.24) is 9.55 Å². The summed E-state index contributed by atoms with van der Waals surface area (Å²) in [5.74, 6) is -0.793. The van der Waals surface area contributed by atoms with Crippen LogP contribution >= 0.6 is 11.3 Å². The normalized spacial score (nSPS) is 12.3. The Morgan fingerprint density at radius 2 is 2.04 bits per heavy atom. The molecule has 0 fully saturated rings. The first-order valence-corrected chi connectivity index (χ1v) is 8.85. The Morgan fingerprint density at radius 1 is 1.32 bits per heavy atom. The summed E-state index contributed by atoms with van der Waals surface area (Å²) in [6, 6.07) is 5.22.